The lowest BCUT2D eigenvalue weighted by Gasteiger charge is -2.39. The molecule has 32 heavy (non-hydrogen) atoms. The molecule has 0 saturated carbocycles. The van der Waals surface area contributed by atoms with Crippen molar-refractivity contribution in [1.29, 1.82) is 0 Å². The maximum Gasteiger partial charge on any atom is 0.253 e. The SMILES string of the molecule is CCNC(=O)c1cccc2c1NC(c1c3ccccc3cc3ccccc13)C1CC=CC21. The Morgan fingerprint density at radius 1 is 0.969 bits per heavy atom. The Morgan fingerprint density at radius 2 is 1.69 bits per heavy atom. The van der Waals surface area contributed by atoms with Crippen molar-refractivity contribution in [2.45, 2.75) is 25.3 Å². The predicted molar refractivity (Wildman–Crippen MR) is 132 cm³/mol. The van der Waals surface area contributed by atoms with Gasteiger partial charge in [-0.1, -0.05) is 72.8 Å². The van der Waals surface area contributed by atoms with Crippen molar-refractivity contribution in [1.82, 2.24) is 5.32 Å². The number of amides is 1. The Labute approximate surface area is 188 Å². The summed E-state index contributed by atoms with van der Waals surface area (Å²) >= 11 is 0. The molecule has 0 saturated heterocycles. The van der Waals surface area contributed by atoms with Crippen molar-refractivity contribution in [2.24, 2.45) is 5.92 Å². The summed E-state index contributed by atoms with van der Waals surface area (Å²) in [7, 11) is 0. The number of para-hydroxylation sites is 1. The van der Waals surface area contributed by atoms with Gasteiger partial charge in [0.1, 0.15) is 0 Å². The van der Waals surface area contributed by atoms with Crippen LogP contribution >= 0.6 is 0 Å². The van der Waals surface area contributed by atoms with Crippen LogP contribution < -0.4 is 10.6 Å². The molecule has 1 heterocycles. The number of nitrogens with one attached hydrogen (secondary N) is 2. The highest BCUT2D eigenvalue weighted by Crippen LogP contribution is 2.52. The van der Waals surface area contributed by atoms with Gasteiger partial charge >= 0.3 is 0 Å². The van der Waals surface area contributed by atoms with Crippen LogP contribution in [0.4, 0.5) is 5.69 Å². The van der Waals surface area contributed by atoms with E-state index in [9.17, 15) is 4.79 Å². The van der Waals surface area contributed by atoms with Gasteiger partial charge in [0, 0.05) is 12.5 Å². The van der Waals surface area contributed by atoms with E-state index in [1.54, 1.807) is 0 Å². The Morgan fingerprint density at radius 3 is 2.41 bits per heavy atom. The molecule has 4 aromatic rings. The number of fused-ring (bicyclic) bond motifs is 5. The highest BCUT2D eigenvalue weighted by molar-refractivity contribution is 6.04. The summed E-state index contributed by atoms with van der Waals surface area (Å²) in [5.41, 5.74) is 4.29. The molecule has 4 aromatic carbocycles. The van der Waals surface area contributed by atoms with Crippen LogP contribution in [0.15, 0.2) is 84.9 Å². The summed E-state index contributed by atoms with van der Waals surface area (Å²) in [4.78, 5) is 12.9. The van der Waals surface area contributed by atoms with Crippen molar-refractivity contribution in [3.63, 3.8) is 0 Å². The van der Waals surface area contributed by atoms with E-state index < -0.39 is 0 Å². The van der Waals surface area contributed by atoms with Crippen LogP contribution in [0.25, 0.3) is 21.5 Å². The summed E-state index contributed by atoms with van der Waals surface area (Å²) < 4.78 is 0. The molecule has 1 aliphatic heterocycles. The number of anilines is 1. The fraction of sp³-hybridized carbons (Fsp3) is 0.207. The maximum absolute atomic E-state index is 12.9. The zero-order valence-electron chi connectivity index (χ0n) is 18.1. The van der Waals surface area contributed by atoms with Crippen LogP contribution in [0.3, 0.4) is 0 Å². The molecule has 1 amide bonds. The zero-order valence-corrected chi connectivity index (χ0v) is 18.1. The van der Waals surface area contributed by atoms with Gasteiger partial charge in [-0.3, -0.25) is 4.79 Å². The van der Waals surface area contributed by atoms with Crippen molar-refractivity contribution >= 4 is 33.1 Å². The van der Waals surface area contributed by atoms with Crippen LogP contribution in [-0.2, 0) is 0 Å². The highest BCUT2D eigenvalue weighted by atomic mass is 16.1. The summed E-state index contributed by atoms with van der Waals surface area (Å²) in [6, 6.07) is 25.9. The molecule has 3 nitrogen and oxygen atoms in total. The number of benzene rings is 4. The molecule has 2 aliphatic rings. The lowest BCUT2D eigenvalue weighted by molar-refractivity contribution is 0.0956. The second kappa shape index (κ2) is 7.52. The Balaban J connectivity index is 1.60. The number of rotatable bonds is 3. The molecule has 158 valence electrons. The molecule has 0 bridgehead atoms. The number of hydrogen-bond donors (Lipinski definition) is 2. The van der Waals surface area contributed by atoms with Gasteiger partial charge in [-0.25, -0.2) is 0 Å². The largest absolute Gasteiger partial charge is 0.377 e. The summed E-state index contributed by atoms with van der Waals surface area (Å²) in [6.45, 7) is 2.58. The molecule has 0 aromatic heterocycles. The molecular formula is C29H26N2O. The number of allylic oxidation sites excluding steroid dienone is 2. The van der Waals surface area contributed by atoms with E-state index in [-0.39, 0.29) is 11.9 Å². The Kier molecular flexibility index (Phi) is 4.50. The molecule has 3 heteroatoms. The van der Waals surface area contributed by atoms with Gasteiger partial charge in [0.2, 0.25) is 0 Å². The average molecular weight is 419 g/mol. The molecule has 3 unspecified atom stereocenters. The first-order valence-corrected chi connectivity index (χ1v) is 11.5. The maximum atomic E-state index is 12.9. The number of carbonyl (C=O) groups excluding carboxylic acids is 1. The molecule has 0 radical (unpaired) electrons. The lowest BCUT2D eigenvalue weighted by Crippen LogP contribution is -2.32. The van der Waals surface area contributed by atoms with Gasteiger partial charge in [-0.2, -0.15) is 0 Å². The third-order valence-corrected chi connectivity index (χ3v) is 7.10. The van der Waals surface area contributed by atoms with Crippen molar-refractivity contribution in [2.75, 3.05) is 11.9 Å². The molecule has 2 N–H and O–H groups in total. The van der Waals surface area contributed by atoms with E-state index in [0.717, 1.165) is 17.7 Å². The average Bonchev–Trinajstić information content (AvgIpc) is 3.32. The van der Waals surface area contributed by atoms with Crippen molar-refractivity contribution in [3.05, 3.63) is 102 Å². The predicted octanol–water partition coefficient (Wildman–Crippen LogP) is 6.57. The molecule has 3 atom stereocenters. The van der Waals surface area contributed by atoms with Crippen LogP contribution in [0, 0.1) is 5.92 Å². The number of carbonyl (C=O) groups is 1. The van der Waals surface area contributed by atoms with Gasteiger partial charge in [0.05, 0.1) is 17.3 Å². The van der Waals surface area contributed by atoms with Crippen molar-refractivity contribution in [3.8, 4) is 0 Å². The Bertz CT molecular complexity index is 1330. The summed E-state index contributed by atoms with van der Waals surface area (Å²) in [5.74, 6) is 0.711. The summed E-state index contributed by atoms with van der Waals surface area (Å²) in [5, 5.41) is 12.0. The van der Waals surface area contributed by atoms with Crippen molar-refractivity contribution < 1.29 is 4.79 Å². The van der Waals surface area contributed by atoms with Crippen LogP contribution in [0.2, 0.25) is 0 Å². The molecule has 1 aliphatic carbocycles. The first-order valence-electron chi connectivity index (χ1n) is 11.5. The molecule has 0 spiro atoms. The highest BCUT2D eigenvalue weighted by Gasteiger charge is 2.40. The van der Waals surface area contributed by atoms with Gasteiger partial charge in [0.15, 0.2) is 0 Å². The second-order valence-electron chi connectivity index (χ2n) is 8.84. The van der Waals surface area contributed by atoms with E-state index in [0.29, 0.717) is 18.4 Å². The molecule has 6 rings (SSSR count). The third-order valence-electron chi connectivity index (χ3n) is 7.10. The molecular weight excluding hydrogens is 392 g/mol. The van der Waals surface area contributed by atoms with Crippen LogP contribution in [0.1, 0.15) is 46.8 Å². The van der Waals surface area contributed by atoms with E-state index in [4.69, 9.17) is 0 Å². The second-order valence-corrected chi connectivity index (χ2v) is 8.84. The third kappa shape index (κ3) is 2.85. The minimum atomic E-state index is -0.0150. The standard InChI is InChI=1S/C29H26N2O/c1-2-30-29(32)25-16-8-14-23-22-13-7-15-24(22)28(31-27(23)25)26-20-11-5-3-9-18(20)17-19-10-4-6-12-21(19)26/h3-14,16-17,22,24,28,31H,2,15H2,1H3,(H,30,32). The lowest BCUT2D eigenvalue weighted by atomic mass is 9.74. The minimum absolute atomic E-state index is 0.0150. The van der Waals surface area contributed by atoms with Crippen LogP contribution in [0.5, 0.6) is 0 Å². The van der Waals surface area contributed by atoms with Gasteiger partial charge in [-0.05, 0) is 64.1 Å². The quantitative estimate of drug-likeness (QED) is 0.292. The zero-order chi connectivity index (χ0) is 21.7. The number of hydrogen-bond acceptors (Lipinski definition) is 2. The van der Waals surface area contributed by atoms with Crippen LogP contribution in [-0.4, -0.2) is 12.5 Å². The van der Waals surface area contributed by atoms with E-state index in [1.165, 1.54) is 32.7 Å². The fourth-order valence-electron chi connectivity index (χ4n) is 5.74. The fourth-order valence-corrected chi connectivity index (χ4v) is 5.74. The Hall–Kier alpha value is -3.59. The summed E-state index contributed by atoms with van der Waals surface area (Å²) in [6.07, 6.45) is 5.68. The first kappa shape index (κ1) is 19.1. The monoisotopic (exact) mass is 418 g/mol. The van der Waals surface area contributed by atoms with Gasteiger partial charge < -0.3 is 10.6 Å². The van der Waals surface area contributed by atoms with Gasteiger partial charge in [-0.15, -0.1) is 0 Å². The van der Waals surface area contributed by atoms with E-state index >= 15 is 0 Å². The minimum Gasteiger partial charge on any atom is -0.377 e. The first-order chi connectivity index (χ1) is 15.8. The molecule has 0 fully saturated rings. The van der Waals surface area contributed by atoms with E-state index in [1.807, 2.05) is 19.1 Å². The normalized spacial score (nSPS) is 21.2. The topological polar surface area (TPSA) is 41.1 Å². The van der Waals surface area contributed by atoms with Gasteiger partial charge in [0.25, 0.3) is 5.91 Å². The smallest absolute Gasteiger partial charge is 0.253 e. The van der Waals surface area contributed by atoms with E-state index in [2.05, 4.69) is 83.4 Å².